The lowest BCUT2D eigenvalue weighted by Crippen LogP contribution is -2.53. The highest BCUT2D eigenvalue weighted by Gasteiger charge is 2.50. The molecule has 0 radical (unpaired) electrons. The van der Waals surface area contributed by atoms with Crippen LogP contribution in [0.3, 0.4) is 0 Å². The van der Waals surface area contributed by atoms with Gasteiger partial charge in [-0.15, -0.1) is 0 Å². The van der Waals surface area contributed by atoms with Crippen LogP contribution in [0.5, 0.6) is 5.75 Å². The molecule has 160 valence electrons. The average molecular weight is 421 g/mol. The number of aliphatic hydroxyl groups is 1. The van der Waals surface area contributed by atoms with Crippen molar-refractivity contribution in [3.05, 3.63) is 48.4 Å². The summed E-state index contributed by atoms with van der Waals surface area (Å²) in [5, 5.41) is 10.0. The normalized spacial score (nSPS) is 17.6. The van der Waals surface area contributed by atoms with Crippen LogP contribution in [0.4, 0.5) is 0 Å². The average Bonchev–Trinajstić information content (AvgIpc) is 3.39. The van der Waals surface area contributed by atoms with Gasteiger partial charge < -0.3 is 24.1 Å². The van der Waals surface area contributed by atoms with Gasteiger partial charge in [-0.2, -0.15) is 0 Å². The molecule has 5 rings (SSSR count). The Kier molecular flexibility index (Phi) is 4.66. The highest BCUT2D eigenvalue weighted by molar-refractivity contribution is 5.98. The number of piperazine rings is 1. The lowest BCUT2D eigenvalue weighted by Gasteiger charge is -2.36. The Morgan fingerprint density at radius 3 is 2.42 bits per heavy atom. The van der Waals surface area contributed by atoms with E-state index >= 15 is 0 Å². The summed E-state index contributed by atoms with van der Waals surface area (Å²) in [7, 11) is 1.55. The molecule has 8 nitrogen and oxygen atoms in total. The van der Waals surface area contributed by atoms with E-state index in [0.717, 1.165) is 16.6 Å². The SMILES string of the molecule is COc1cc(-c2ccc3ocnc3c2)ccc1C(=O)N1CCN(C(=O)C2(O)CC2)CC1. The van der Waals surface area contributed by atoms with Crippen molar-refractivity contribution >= 4 is 22.9 Å². The smallest absolute Gasteiger partial charge is 0.257 e. The molecule has 1 N–H and O–H groups in total. The number of fused-ring (bicyclic) bond motifs is 1. The maximum absolute atomic E-state index is 13.1. The number of carbonyl (C=O) groups is 2. The second kappa shape index (κ2) is 7.39. The highest BCUT2D eigenvalue weighted by atomic mass is 16.5. The van der Waals surface area contributed by atoms with Gasteiger partial charge in [0.25, 0.3) is 11.8 Å². The minimum absolute atomic E-state index is 0.132. The first kappa shape index (κ1) is 19.6. The monoisotopic (exact) mass is 421 g/mol. The number of methoxy groups -OCH3 is 1. The molecule has 2 fully saturated rings. The Bertz CT molecular complexity index is 1160. The topological polar surface area (TPSA) is 96.1 Å². The Balaban J connectivity index is 1.33. The fraction of sp³-hybridized carbons (Fsp3) is 0.348. The van der Waals surface area contributed by atoms with Crippen molar-refractivity contribution in [2.24, 2.45) is 0 Å². The number of hydrogen-bond donors (Lipinski definition) is 1. The predicted molar refractivity (Wildman–Crippen MR) is 113 cm³/mol. The van der Waals surface area contributed by atoms with E-state index in [1.54, 1.807) is 23.0 Å². The minimum Gasteiger partial charge on any atom is -0.496 e. The molecule has 1 saturated carbocycles. The number of aromatic nitrogens is 1. The molecule has 1 aromatic heterocycles. The van der Waals surface area contributed by atoms with Crippen LogP contribution in [-0.2, 0) is 4.79 Å². The van der Waals surface area contributed by atoms with Gasteiger partial charge in [0.1, 0.15) is 16.9 Å². The second-order valence-electron chi connectivity index (χ2n) is 8.07. The lowest BCUT2D eigenvalue weighted by molar-refractivity contribution is -0.143. The van der Waals surface area contributed by atoms with Gasteiger partial charge in [0.05, 0.1) is 12.7 Å². The first-order chi connectivity index (χ1) is 15.0. The number of benzene rings is 2. The van der Waals surface area contributed by atoms with Crippen molar-refractivity contribution in [1.29, 1.82) is 0 Å². The Hall–Kier alpha value is -3.39. The van der Waals surface area contributed by atoms with E-state index in [2.05, 4.69) is 4.98 Å². The van der Waals surface area contributed by atoms with Crippen LogP contribution < -0.4 is 4.74 Å². The van der Waals surface area contributed by atoms with Crippen molar-refractivity contribution in [2.45, 2.75) is 18.4 Å². The molecular weight excluding hydrogens is 398 g/mol. The Morgan fingerprint density at radius 2 is 1.71 bits per heavy atom. The Morgan fingerprint density at radius 1 is 1.03 bits per heavy atom. The number of carbonyl (C=O) groups excluding carboxylic acids is 2. The van der Waals surface area contributed by atoms with Crippen LogP contribution in [-0.4, -0.2) is 70.6 Å². The van der Waals surface area contributed by atoms with Gasteiger partial charge in [0, 0.05) is 26.2 Å². The molecule has 0 bridgehead atoms. The third-order valence-electron chi connectivity index (χ3n) is 6.07. The maximum atomic E-state index is 13.1. The molecule has 0 atom stereocenters. The van der Waals surface area contributed by atoms with Crippen LogP contribution in [0.1, 0.15) is 23.2 Å². The van der Waals surface area contributed by atoms with Gasteiger partial charge in [-0.05, 0) is 48.2 Å². The fourth-order valence-electron chi connectivity index (χ4n) is 3.99. The van der Waals surface area contributed by atoms with Gasteiger partial charge in [-0.25, -0.2) is 4.98 Å². The molecule has 0 spiro atoms. The summed E-state index contributed by atoms with van der Waals surface area (Å²) < 4.78 is 10.8. The molecule has 1 aliphatic heterocycles. The molecule has 1 aliphatic carbocycles. The summed E-state index contributed by atoms with van der Waals surface area (Å²) in [4.78, 5) is 33.0. The van der Waals surface area contributed by atoms with Crippen LogP contribution >= 0.6 is 0 Å². The van der Waals surface area contributed by atoms with E-state index in [0.29, 0.717) is 55.9 Å². The van der Waals surface area contributed by atoms with Crippen molar-refractivity contribution < 1.29 is 23.8 Å². The number of amides is 2. The third kappa shape index (κ3) is 3.53. The molecule has 2 aromatic carbocycles. The van der Waals surface area contributed by atoms with Crippen LogP contribution in [0.2, 0.25) is 0 Å². The minimum atomic E-state index is -1.17. The molecule has 3 aromatic rings. The van der Waals surface area contributed by atoms with Crippen LogP contribution in [0.15, 0.2) is 47.2 Å². The number of oxazole rings is 1. The summed E-state index contributed by atoms with van der Waals surface area (Å²) >= 11 is 0. The molecule has 2 heterocycles. The standard InChI is InChI=1S/C23H23N3O5/c1-30-20-13-16(15-3-5-19-18(12-15)24-14-31-19)2-4-17(20)21(27)25-8-10-26(11-9-25)22(28)23(29)6-7-23/h2-5,12-14,29H,6-11H2,1H3. The van der Waals surface area contributed by atoms with Crippen molar-refractivity contribution in [1.82, 2.24) is 14.8 Å². The zero-order chi connectivity index (χ0) is 21.6. The first-order valence-corrected chi connectivity index (χ1v) is 10.3. The summed E-state index contributed by atoms with van der Waals surface area (Å²) in [5.41, 5.74) is 2.65. The van der Waals surface area contributed by atoms with E-state index in [4.69, 9.17) is 9.15 Å². The van der Waals surface area contributed by atoms with Crippen LogP contribution in [0, 0.1) is 0 Å². The third-order valence-corrected chi connectivity index (χ3v) is 6.07. The van der Waals surface area contributed by atoms with Crippen molar-refractivity contribution in [3.8, 4) is 16.9 Å². The van der Waals surface area contributed by atoms with E-state index in [1.165, 1.54) is 6.39 Å². The Labute approximate surface area is 179 Å². The molecule has 2 aliphatic rings. The first-order valence-electron chi connectivity index (χ1n) is 10.3. The predicted octanol–water partition coefficient (Wildman–Crippen LogP) is 2.31. The van der Waals surface area contributed by atoms with E-state index < -0.39 is 5.60 Å². The maximum Gasteiger partial charge on any atom is 0.257 e. The van der Waals surface area contributed by atoms with Gasteiger partial charge >= 0.3 is 0 Å². The van der Waals surface area contributed by atoms with Gasteiger partial charge in [0.15, 0.2) is 12.0 Å². The summed E-state index contributed by atoms with van der Waals surface area (Å²) in [6.45, 7) is 1.69. The molecular formula is C23H23N3O5. The number of hydrogen-bond acceptors (Lipinski definition) is 6. The van der Waals surface area contributed by atoms with Crippen LogP contribution in [0.25, 0.3) is 22.2 Å². The molecule has 1 saturated heterocycles. The fourth-order valence-corrected chi connectivity index (χ4v) is 3.99. The second-order valence-corrected chi connectivity index (χ2v) is 8.07. The van der Waals surface area contributed by atoms with E-state index in [9.17, 15) is 14.7 Å². The molecule has 0 unspecified atom stereocenters. The van der Waals surface area contributed by atoms with E-state index in [1.807, 2.05) is 30.3 Å². The quantitative estimate of drug-likeness (QED) is 0.695. The van der Waals surface area contributed by atoms with Gasteiger partial charge in [-0.3, -0.25) is 9.59 Å². The highest BCUT2D eigenvalue weighted by Crippen LogP contribution is 2.37. The zero-order valence-corrected chi connectivity index (χ0v) is 17.2. The van der Waals surface area contributed by atoms with E-state index in [-0.39, 0.29) is 11.8 Å². The summed E-state index contributed by atoms with van der Waals surface area (Å²) in [6, 6.07) is 11.2. The largest absolute Gasteiger partial charge is 0.496 e. The van der Waals surface area contributed by atoms with Crippen molar-refractivity contribution in [2.75, 3.05) is 33.3 Å². The molecule has 8 heteroatoms. The van der Waals surface area contributed by atoms with Gasteiger partial charge in [0.2, 0.25) is 0 Å². The number of nitrogens with zero attached hydrogens (tertiary/aromatic N) is 3. The van der Waals surface area contributed by atoms with Gasteiger partial charge in [-0.1, -0.05) is 12.1 Å². The summed E-state index contributed by atoms with van der Waals surface area (Å²) in [6.07, 6.45) is 2.46. The number of rotatable bonds is 4. The van der Waals surface area contributed by atoms with Crippen molar-refractivity contribution in [3.63, 3.8) is 0 Å². The lowest BCUT2D eigenvalue weighted by atomic mass is 10.0. The molecule has 2 amide bonds. The summed E-state index contributed by atoms with van der Waals surface area (Å²) in [5.74, 6) is 0.145. The zero-order valence-electron chi connectivity index (χ0n) is 17.2. The molecule has 31 heavy (non-hydrogen) atoms. The number of ether oxygens (including phenoxy) is 1.